The maximum atomic E-state index is 4.86. The summed E-state index contributed by atoms with van der Waals surface area (Å²) in [4.78, 5) is 14.9. The number of aromatic nitrogens is 4. The third kappa shape index (κ3) is 7.09. The number of hydrogen-bond donors (Lipinski definition) is 2. The zero-order valence-corrected chi connectivity index (χ0v) is 21.4. The molecule has 8 heteroatoms. The SMILES string of the molecule is CCNC(=NCC(C)Cn1nc(C)cc1C)N(C)Cc1ncc(-c2ccccc2)[nH]1.I. The molecule has 2 aromatic heterocycles. The lowest BCUT2D eigenvalue weighted by atomic mass is 10.2. The van der Waals surface area contributed by atoms with Crippen LogP contribution in [0.3, 0.4) is 0 Å². The Bertz CT molecular complexity index is 961. The molecule has 3 aromatic rings. The van der Waals surface area contributed by atoms with Crippen molar-refractivity contribution in [3.05, 3.63) is 59.8 Å². The lowest BCUT2D eigenvalue weighted by Crippen LogP contribution is -2.39. The number of imidazole rings is 1. The predicted molar refractivity (Wildman–Crippen MR) is 138 cm³/mol. The summed E-state index contributed by atoms with van der Waals surface area (Å²) in [6, 6.07) is 12.4. The van der Waals surface area contributed by atoms with Crippen LogP contribution in [0.25, 0.3) is 11.3 Å². The number of halogens is 1. The standard InChI is InChI=1S/C23H33N7.HI/c1-6-24-23(26-13-17(2)15-30-19(4)12-18(3)28-30)29(5)16-22-25-14-21(27-22)20-10-8-7-9-11-20;/h7-12,14,17H,6,13,15-16H2,1-5H3,(H,24,26)(H,25,27);1H. The van der Waals surface area contributed by atoms with Crippen molar-refractivity contribution in [1.82, 2.24) is 30.0 Å². The van der Waals surface area contributed by atoms with E-state index in [1.807, 2.05) is 38.4 Å². The number of aromatic amines is 1. The average Bonchev–Trinajstić information content (AvgIpc) is 3.31. The largest absolute Gasteiger partial charge is 0.357 e. The van der Waals surface area contributed by atoms with E-state index in [1.165, 1.54) is 5.69 Å². The van der Waals surface area contributed by atoms with E-state index >= 15 is 0 Å². The molecule has 0 bridgehead atoms. The lowest BCUT2D eigenvalue weighted by Gasteiger charge is -2.22. The molecule has 0 aliphatic heterocycles. The number of nitrogens with zero attached hydrogens (tertiary/aromatic N) is 5. The first-order valence-corrected chi connectivity index (χ1v) is 10.6. The van der Waals surface area contributed by atoms with Crippen LogP contribution >= 0.6 is 24.0 Å². The molecule has 1 unspecified atom stereocenters. The number of benzene rings is 1. The van der Waals surface area contributed by atoms with Crippen molar-refractivity contribution < 1.29 is 0 Å². The summed E-state index contributed by atoms with van der Waals surface area (Å²) < 4.78 is 2.07. The number of aryl methyl sites for hydroxylation is 2. The summed E-state index contributed by atoms with van der Waals surface area (Å²) in [7, 11) is 2.04. The topological polar surface area (TPSA) is 74.1 Å². The quantitative estimate of drug-likeness (QED) is 0.257. The summed E-state index contributed by atoms with van der Waals surface area (Å²) in [5.74, 6) is 2.19. The molecule has 0 aliphatic rings. The van der Waals surface area contributed by atoms with Gasteiger partial charge in [0.15, 0.2) is 5.96 Å². The summed E-state index contributed by atoms with van der Waals surface area (Å²) in [5.41, 5.74) is 4.42. The highest BCUT2D eigenvalue weighted by molar-refractivity contribution is 14.0. The van der Waals surface area contributed by atoms with Crippen LogP contribution in [-0.4, -0.2) is 50.7 Å². The molecule has 2 heterocycles. The average molecular weight is 535 g/mol. The minimum Gasteiger partial charge on any atom is -0.357 e. The fourth-order valence-electron chi connectivity index (χ4n) is 3.43. The summed E-state index contributed by atoms with van der Waals surface area (Å²) >= 11 is 0. The minimum absolute atomic E-state index is 0. The van der Waals surface area contributed by atoms with E-state index in [0.717, 1.165) is 48.4 Å². The number of hydrogen-bond acceptors (Lipinski definition) is 3. The Morgan fingerprint density at radius 1 is 1.26 bits per heavy atom. The summed E-state index contributed by atoms with van der Waals surface area (Å²) in [6.45, 7) is 11.5. The molecule has 0 spiro atoms. The Labute approximate surface area is 202 Å². The Kier molecular flexibility index (Phi) is 9.54. The molecule has 0 fully saturated rings. The second-order valence-electron chi connectivity index (χ2n) is 7.87. The number of aliphatic imine (C=N–C) groups is 1. The van der Waals surface area contributed by atoms with Crippen molar-refractivity contribution in [2.24, 2.45) is 10.9 Å². The fraction of sp³-hybridized carbons (Fsp3) is 0.435. The fourth-order valence-corrected chi connectivity index (χ4v) is 3.43. The van der Waals surface area contributed by atoms with Crippen LogP contribution < -0.4 is 5.32 Å². The number of H-pyrrole nitrogens is 1. The van der Waals surface area contributed by atoms with Crippen LogP contribution in [0, 0.1) is 19.8 Å². The molecule has 7 nitrogen and oxygen atoms in total. The molecule has 168 valence electrons. The molecule has 1 aromatic carbocycles. The van der Waals surface area contributed by atoms with Crippen molar-refractivity contribution in [3.63, 3.8) is 0 Å². The molecular formula is C23H34IN7. The van der Waals surface area contributed by atoms with Crippen molar-refractivity contribution in [2.45, 2.75) is 40.8 Å². The molecule has 0 amide bonds. The molecule has 3 rings (SSSR count). The Morgan fingerprint density at radius 3 is 2.65 bits per heavy atom. The van der Waals surface area contributed by atoms with Crippen LogP contribution in [0.4, 0.5) is 0 Å². The van der Waals surface area contributed by atoms with E-state index in [-0.39, 0.29) is 24.0 Å². The first kappa shape index (κ1) is 24.9. The smallest absolute Gasteiger partial charge is 0.194 e. The van der Waals surface area contributed by atoms with Crippen LogP contribution in [0.1, 0.15) is 31.1 Å². The monoisotopic (exact) mass is 535 g/mol. The second-order valence-corrected chi connectivity index (χ2v) is 7.87. The molecule has 0 aliphatic carbocycles. The van der Waals surface area contributed by atoms with E-state index in [4.69, 9.17) is 4.99 Å². The van der Waals surface area contributed by atoms with Crippen molar-refractivity contribution in [3.8, 4) is 11.3 Å². The normalized spacial score (nSPS) is 12.4. The zero-order chi connectivity index (χ0) is 21.5. The van der Waals surface area contributed by atoms with E-state index in [1.54, 1.807) is 0 Å². The van der Waals surface area contributed by atoms with Crippen LogP contribution in [0.5, 0.6) is 0 Å². The van der Waals surface area contributed by atoms with Gasteiger partial charge in [-0.1, -0.05) is 37.3 Å². The summed E-state index contributed by atoms with van der Waals surface area (Å²) in [6.07, 6.45) is 1.89. The highest BCUT2D eigenvalue weighted by Gasteiger charge is 2.12. The highest BCUT2D eigenvalue weighted by atomic mass is 127. The molecule has 0 radical (unpaired) electrons. The van der Waals surface area contributed by atoms with E-state index in [2.05, 4.69) is 68.9 Å². The molecule has 2 N–H and O–H groups in total. The van der Waals surface area contributed by atoms with Gasteiger partial charge in [0, 0.05) is 32.4 Å². The van der Waals surface area contributed by atoms with Gasteiger partial charge in [0.05, 0.1) is 24.1 Å². The van der Waals surface area contributed by atoms with Gasteiger partial charge < -0.3 is 15.2 Å². The minimum atomic E-state index is 0. The lowest BCUT2D eigenvalue weighted by molar-refractivity contribution is 0.435. The Balaban J connectivity index is 0.00000341. The number of rotatable bonds is 8. The maximum Gasteiger partial charge on any atom is 0.194 e. The molecule has 31 heavy (non-hydrogen) atoms. The number of nitrogens with one attached hydrogen (secondary N) is 2. The van der Waals surface area contributed by atoms with Crippen LogP contribution in [-0.2, 0) is 13.1 Å². The second kappa shape index (κ2) is 11.9. The van der Waals surface area contributed by atoms with Gasteiger partial charge in [-0.2, -0.15) is 5.10 Å². The summed E-state index contributed by atoms with van der Waals surface area (Å²) in [5, 5.41) is 7.95. The molecule has 0 saturated heterocycles. The van der Waals surface area contributed by atoms with Crippen molar-refractivity contribution >= 4 is 29.9 Å². The van der Waals surface area contributed by atoms with Gasteiger partial charge in [-0.3, -0.25) is 9.67 Å². The zero-order valence-electron chi connectivity index (χ0n) is 19.1. The predicted octanol–water partition coefficient (Wildman–Crippen LogP) is 4.24. The van der Waals surface area contributed by atoms with Crippen LogP contribution in [0.2, 0.25) is 0 Å². The first-order valence-electron chi connectivity index (χ1n) is 10.6. The van der Waals surface area contributed by atoms with Gasteiger partial charge in [-0.05, 0) is 38.3 Å². The van der Waals surface area contributed by atoms with Crippen molar-refractivity contribution in [2.75, 3.05) is 20.1 Å². The maximum absolute atomic E-state index is 4.86. The molecule has 1 atom stereocenters. The van der Waals surface area contributed by atoms with Gasteiger partial charge in [0.2, 0.25) is 0 Å². The van der Waals surface area contributed by atoms with Crippen molar-refractivity contribution in [1.29, 1.82) is 0 Å². The number of guanidine groups is 1. The van der Waals surface area contributed by atoms with Gasteiger partial charge >= 0.3 is 0 Å². The molecule has 0 saturated carbocycles. The van der Waals surface area contributed by atoms with E-state index in [0.29, 0.717) is 12.5 Å². The van der Waals surface area contributed by atoms with Gasteiger partial charge in [0.25, 0.3) is 0 Å². The third-order valence-electron chi connectivity index (χ3n) is 4.94. The van der Waals surface area contributed by atoms with Gasteiger partial charge in [-0.25, -0.2) is 4.98 Å². The van der Waals surface area contributed by atoms with Crippen LogP contribution in [0.15, 0.2) is 47.6 Å². The van der Waals surface area contributed by atoms with E-state index in [9.17, 15) is 0 Å². The Morgan fingerprint density at radius 2 is 2.00 bits per heavy atom. The third-order valence-corrected chi connectivity index (χ3v) is 4.94. The van der Waals surface area contributed by atoms with Gasteiger partial charge in [-0.15, -0.1) is 24.0 Å². The highest BCUT2D eigenvalue weighted by Crippen LogP contribution is 2.16. The van der Waals surface area contributed by atoms with Gasteiger partial charge in [0.1, 0.15) is 5.82 Å². The Hall–Kier alpha value is -2.36. The first-order chi connectivity index (χ1) is 14.5. The molecular weight excluding hydrogens is 501 g/mol. The van der Waals surface area contributed by atoms with E-state index < -0.39 is 0 Å².